The van der Waals surface area contributed by atoms with Crippen LogP contribution in [-0.2, 0) is 24.9 Å². The maximum atomic E-state index is 9.41. The van der Waals surface area contributed by atoms with Gasteiger partial charge in [-0.3, -0.25) is 9.36 Å². The fourth-order valence-corrected chi connectivity index (χ4v) is 4.85. The number of hydrogen-bond acceptors (Lipinski definition) is 4. The Bertz CT molecular complexity index is 1860. The molecule has 0 saturated heterocycles. The van der Waals surface area contributed by atoms with Gasteiger partial charge in [-0.25, -0.2) is 0 Å². The third-order valence-electron chi connectivity index (χ3n) is 7.28. The van der Waals surface area contributed by atoms with Gasteiger partial charge in [0.2, 0.25) is 0 Å². The number of rotatable bonds is 8. The fraction of sp³-hybridized carbons (Fsp3) is 0.158. The molecule has 0 N–H and O–H groups in total. The van der Waals surface area contributed by atoms with Crippen LogP contribution in [0.25, 0.3) is 22.5 Å². The molecule has 216 valence electrons. The zero-order valence-electron chi connectivity index (χ0n) is 25.0. The summed E-state index contributed by atoms with van der Waals surface area (Å²) in [7, 11) is 0. The van der Waals surface area contributed by atoms with E-state index >= 15 is 0 Å². The Hall–Kier alpha value is -5.72. The Labute approximate surface area is 259 Å². The summed E-state index contributed by atoms with van der Waals surface area (Å²) >= 11 is 0. The Balaban J connectivity index is 0.000000175. The Kier molecular flexibility index (Phi) is 9.44. The number of benzene rings is 4. The summed E-state index contributed by atoms with van der Waals surface area (Å²) in [6, 6.07) is 49.3. The van der Waals surface area contributed by atoms with Crippen molar-refractivity contribution in [3.05, 3.63) is 156 Å². The Morgan fingerprint density at radius 1 is 0.591 bits per heavy atom. The summed E-state index contributed by atoms with van der Waals surface area (Å²) in [5.74, 6) is 0. The lowest BCUT2D eigenvalue weighted by molar-refractivity contribution is 0.608. The molecule has 4 aromatic carbocycles. The van der Waals surface area contributed by atoms with E-state index in [0.29, 0.717) is 19.5 Å². The third kappa shape index (κ3) is 7.37. The quantitative estimate of drug-likeness (QED) is 0.184. The zero-order valence-corrected chi connectivity index (χ0v) is 25.0. The van der Waals surface area contributed by atoms with Crippen LogP contribution in [0.1, 0.15) is 36.4 Å². The molecule has 6 aromatic rings. The van der Waals surface area contributed by atoms with Gasteiger partial charge >= 0.3 is 0 Å². The van der Waals surface area contributed by atoms with Crippen LogP contribution in [0, 0.1) is 22.7 Å². The van der Waals surface area contributed by atoms with E-state index in [1.54, 1.807) is 0 Å². The SMILES string of the molecule is CC(C)(C#N)c1cc(-c2ccccc2)n(Cc2ccccc2)n1.N#CCc1cc(-c2ccccc2)n(Cc2ccccc2)n1. The van der Waals surface area contributed by atoms with E-state index < -0.39 is 5.41 Å². The van der Waals surface area contributed by atoms with Crippen molar-refractivity contribution in [3.8, 4) is 34.7 Å². The average Bonchev–Trinajstić information content (AvgIpc) is 3.68. The van der Waals surface area contributed by atoms with Crippen molar-refractivity contribution >= 4 is 0 Å². The summed E-state index contributed by atoms with van der Waals surface area (Å²) in [6.07, 6.45) is 0.335. The summed E-state index contributed by atoms with van der Waals surface area (Å²) in [5.41, 5.74) is 7.70. The average molecular weight is 575 g/mol. The van der Waals surface area contributed by atoms with Crippen LogP contribution < -0.4 is 0 Å². The molecule has 2 aromatic heterocycles. The van der Waals surface area contributed by atoms with Gasteiger partial charge in [-0.15, -0.1) is 0 Å². The van der Waals surface area contributed by atoms with Gasteiger partial charge in [-0.05, 0) is 48.2 Å². The predicted molar refractivity (Wildman–Crippen MR) is 174 cm³/mol. The molecular formula is C38H34N6. The summed E-state index contributed by atoms with van der Waals surface area (Å²) < 4.78 is 3.95. The number of nitriles is 2. The van der Waals surface area contributed by atoms with Gasteiger partial charge in [0.25, 0.3) is 0 Å². The van der Waals surface area contributed by atoms with Gasteiger partial charge in [-0.2, -0.15) is 20.7 Å². The van der Waals surface area contributed by atoms with E-state index in [1.165, 1.54) is 11.1 Å². The van der Waals surface area contributed by atoms with Gasteiger partial charge in [0.15, 0.2) is 0 Å². The van der Waals surface area contributed by atoms with Crippen LogP contribution in [-0.4, -0.2) is 19.6 Å². The molecule has 0 spiro atoms. The second-order valence-electron chi connectivity index (χ2n) is 11.0. The highest BCUT2D eigenvalue weighted by molar-refractivity contribution is 5.61. The minimum atomic E-state index is -0.606. The fourth-order valence-electron chi connectivity index (χ4n) is 4.85. The molecule has 6 nitrogen and oxygen atoms in total. The summed E-state index contributed by atoms with van der Waals surface area (Å²) in [4.78, 5) is 0. The highest BCUT2D eigenvalue weighted by Gasteiger charge is 2.25. The second kappa shape index (κ2) is 14.0. The number of nitrogens with zero attached hydrogens (tertiary/aromatic N) is 6. The van der Waals surface area contributed by atoms with E-state index in [1.807, 2.05) is 108 Å². The van der Waals surface area contributed by atoms with E-state index in [2.05, 4.69) is 65.8 Å². The first kappa shape index (κ1) is 29.8. The van der Waals surface area contributed by atoms with Gasteiger partial charge in [0.05, 0.1) is 59.8 Å². The normalized spacial score (nSPS) is 10.7. The van der Waals surface area contributed by atoms with E-state index in [9.17, 15) is 5.26 Å². The lowest BCUT2D eigenvalue weighted by Crippen LogP contribution is -2.15. The number of hydrogen-bond donors (Lipinski definition) is 0. The summed E-state index contributed by atoms with van der Waals surface area (Å²) in [6.45, 7) is 5.19. The molecule has 2 heterocycles. The molecular weight excluding hydrogens is 540 g/mol. The first-order chi connectivity index (χ1) is 21.5. The minimum absolute atomic E-state index is 0.335. The van der Waals surface area contributed by atoms with Gasteiger partial charge in [0, 0.05) is 0 Å². The maximum Gasteiger partial charge on any atom is 0.0955 e. The van der Waals surface area contributed by atoms with Crippen LogP contribution in [0.4, 0.5) is 0 Å². The predicted octanol–water partition coefficient (Wildman–Crippen LogP) is 8.06. The Morgan fingerprint density at radius 2 is 1.02 bits per heavy atom. The standard InChI is InChI=1S/C20H19N3.C18H15N3/c1-20(2,15-21)19-13-18(17-11-7-4-8-12-17)23(22-19)14-16-9-5-3-6-10-16;19-12-11-17-13-18(16-9-5-2-6-10-16)21(20-17)14-15-7-3-1-4-8-15/h3-13H,14H2,1-2H3;1-10,13H,11,14H2. The molecule has 0 atom stereocenters. The van der Waals surface area contributed by atoms with Crippen molar-refractivity contribution in [1.82, 2.24) is 19.6 Å². The molecule has 6 rings (SSSR count). The molecule has 0 unspecified atom stereocenters. The van der Waals surface area contributed by atoms with Crippen LogP contribution in [0.15, 0.2) is 133 Å². The molecule has 0 saturated carbocycles. The lowest BCUT2D eigenvalue weighted by atomic mass is 9.91. The van der Waals surface area contributed by atoms with Gasteiger partial charge in [-0.1, -0.05) is 121 Å². The molecule has 0 aliphatic rings. The van der Waals surface area contributed by atoms with Crippen LogP contribution in [0.5, 0.6) is 0 Å². The smallest absolute Gasteiger partial charge is 0.0955 e. The molecule has 0 fully saturated rings. The van der Waals surface area contributed by atoms with Gasteiger partial charge < -0.3 is 0 Å². The van der Waals surface area contributed by atoms with Crippen molar-refractivity contribution in [3.63, 3.8) is 0 Å². The molecule has 0 radical (unpaired) electrons. The first-order valence-corrected chi connectivity index (χ1v) is 14.6. The van der Waals surface area contributed by atoms with E-state index in [0.717, 1.165) is 33.9 Å². The van der Waals surface area contributed by atoms with E-state index in [-0.39, 0.29) is 0 Å². The molecule has 44 heavy (non-hydrogen) atoms. The molecule has 0 bridgehead atoms. The first-order valence-electron chi connectivity index (χ1n) is 14.6. The zero-order chi connectivity index (χ0) is 30.8. The lowest BCUT2D eigenvalue weighted by Gasteiger charge is -2.11. The maximum absolute atomic E-state index is 9.41. The number of aromatic nitrogens is 4. The van der Waals surface area contributed by atoms with Crippen molar-refractivity contribution in [2.45, 2.75) is 38.8 Å². The van der Waals surface area contributed by atoms with Crippen LogP contribution in [0.3, 0.4) is 0 Å². The van der Waals surface area contributed by atoms with E-state index in [4.69, 9.17) is 10.4 Å². The Morgan fingerprint density at radius 3 is 1.48 bits per heavy atom. The molecule has 0 amide bonds. The van der Waals surface area contributed by atoms with Crippen LogP contribution >= 0.6 is 0 Å². The molecule has 6 heteroatoms. The second-order valence-corrected chi connectivity index (χ2v) is 11.0. The van der Waals surface area contributed by atoms with Crippen LogP contribution in [0.2, 0.25) is 0 Å². The molecule has 0 aliphatic heterocycles. The topological polar surface area (TPSA) is 83.2 Å². The van der Waals surface area contributed by atoms with Crippen molar-refractivity contribution in [1.29, 1.82) is 10.5 Å². The van der Waals surface area contributed by atoms with Crippen molar-refractivity contribution in [2.75, 3.05) is 0 Å². The largest absolute Gasteiger partial charge is 0.260 e. The van der Waals surface area contributed by atoms with Crippen molar-refractivity contribution in [2.24, 2.45) is 0 Å². The molecule has 0 aliphatic carbocycles. The highest BCUT2D eigenvalue weighted by atomic mass is 15.3. The monoisotopic (exact) mass is 574 g/mol. The van der Waals surface area contributed by atoms with Gasteiger partial charge in [0.1, 0.15) is 0 Å². The minimum Gasteiger partial charge on any atom is -0.260 e. The third-order valence-corrected chi connectivity index (χ3v) is 7.28. The highest BCUT2D eigenvalue weighted by Crippen LogP contribution is 2.28. The van der Waals surface area contributed by atoms with Crippen molar-refractivity contribution < 1.29 is 0 Å². The summed E-state index contributed by atoms with van der Waals surface area (Å²) in [5, 5.41) is 27.6.